The third-order valence-corrected chi connectivity index (χ3v) is 8.66. The van der Waals surface area contributed by atoms with E-state index in [4.69, 9.17) is 0 Å². The predicted molar refractivity (Wildman–Crippen MR) is 88.9 cm³/mol. The molecule has 0 aliphatic heterocycles. The van der Waals surface area contributed by atoms with Gasteiger partial charge in [0, 0.05) is 6.42 Å². The molecule has 6 atom stereocenters. The number of hydrogen-bond donors (Lipinski definition) is 2. The molecule has 3 heteroatoms. The van der Waals surface area contributed by atoms with E-state index in [9.17, 15) is 15.0 Å². The van der Waals surface area contributed by atoms with E-state index >= 15 is 0 Å². The minimum atomic E-state index is -0.537. The summed E-state index contributed by atoms with van der Waals surface area (Å²) >= 11 is 0. The Morgan fingerprint density at radius 1 is 0.957 bits per heavy atom. The maximum atomic E-state index is 11.9. The molecule has 3 fully saturated rings. The first-order valence-electron chi connectivity index (χ1n) is 9.39. The van der Waals surface area contributed by atoms with Gasteiger partial charge in [0.1, 0.15) is 0 Å². The Balaban J connectivity index is 1.72. The lowest BCUT2D eigenvalue weighted by Crippen LogP contribution is -2.54. The highest BCUT2D eigenvalue weighted by atomic mass is 16.3. The summed E-state index contributed by atoms with van der Waals surface area (Å²) < 4.78 is 0. The molecule has 3 saturated carbocycles. The number of fused-ring (bicyclic) bond motifs is 5. The van der Waals surface area contributed by atoms with E-state index < -0.39 is 5.60 Å². The van der Waals surface area contributed by atoms with Crippen LogP contribution in [0.3, 0.4) is 0 Å². The van der Waals surface area contributed by atoms with Crippen molar-refractivity contribution in [1.82, 2.24) is 0 Å². The number of carbonyl (C=O) groups is 1. The van der Waals surface area contributed by atoms with Crippen molar-refractivity contribution in [2.75, 3.05) is 0 Å². The lowest BCUT2D eigenvalue weighted by atomic mass is 9.46. The molecule has 2 N–H and O–H groups in total. The Morgan fingerprint density at radius 3 is 2.39 bits per heavy atom. The third kappa shape index (κ3) is 1.83. The summed E-state index contributed by atoms with van der Waals surface area (Å²) in [5.41, 5.74) is 0.544. The first kappa shape index (κ1) is 15.7. The summed E-state index contributed by atoms with van der Waals surface area (Å²) in [5, 5.41) is 21.3. The summed E-state index contributed by atoms with van der Waals surface area (Å²) in [4.78, 5) is 11.9. The van der Waals surface area contributed by atoms with Crippen molar-refractivity contribution in [1.29, 1.82) is 0 Å². The summed E-state index contributed by atoms with van der Waals surface area (Å²) in [5.74, 6) is 1.82. The highest BCUT2D eigenvalue weighted by Gasteiger charge is 2.62. The Hall–Kier alpha value is -0.830. The van der Waals surface area contributed by atoms with Crippen molar-refractivity contribution in [3.05, 3.63) is 11.3 Å². The molecule has 0 aromatic rings. The quantitative estimate of drug-likeness (QED) is 0.705. The first-order chi connectivity index (χ1) is 10.7. The number of carbonyl (C=O) groups excluding carboxylic acids is 1. The van der Waals surface area contributed by atoms with Gasteiger partial charge in [-0.15, -0.1) is 0 Å². The van der Waals surface area contributed by atoms with Gasteiger partial charge in [-0.25, -0.2) is 0 Å². The summed E-state index contributed by atoms with van der Waals surface area (Å²) in [7, 11) is 0. The molecule has 0 spiro atoms. The zero-order valence-corrected chi connectivity index (χ0v) is 14.7. The molecule has 0 unspecified atom stereocenters. The van der Waals surface area contributed by atoms with Gasteiger partial charge in [-0.05, 0) is 86.0 Å². The summed E-state index contributed by atoms with van der Waals surface area (Å²) in [6.07, 6.45) is 7.57. The maximum Gasteiger partial charge on any atom is 0.197 e. The van der Waals surface area contributed by atoms with Crippen molar-refractivity contribution in [2.45, 2.75) is 77.7 Å². The van der Waals surface area contributed by atoms with Crippen LogP contribution in [0.25, 0.3) is 0 Å². The van der Waals surface area contributed by atoms with Crippen LogP contribution in [0.1, 0.15) is 72.1 Å². The molecule has 0 heterocycles. The van der Waals surface area contributed by atoms with Crippen LogP contribution in [0.4, 0.5) is 0 Å². The molecule has 0 aromatic carbocycles. The fraction of sp³-hybridized carbons (Fsp3) is 0.850. The molecule has 128 valence electrons. The number of aliphatic hydroxyl groups excluding tert-OH is 1. The molecule has 4 aliphatic rings. The van der Waals surface area contributed by atoms with Gasteiger partial charge in [0.15, 0.2) is 11.5 Å². The topological polar surface area (TPSA) is 57.5 Å². The average Bonchev–Trinajstić information content (AvgIpc) is 2.74. The van der Waals surface area contributed by atoms with Crippen LogP contribution >= 0.6 is 0 Å². The van der Waals surface area contributed by atoms with E-state index in [0.29, 0.717) is 24.2 Å². The van der Waals surface area contributed by atoms with E-state index in [1.807, 2.05) is 6.92 Å². The van der Waals surface area contributed by atoms with Crippen LogP contribution in [0.5, 0.6) is 0 Å². The molecular weight excluding hydrogens is 288 g/mol. The number of allylic oxidation sites excluding steroid dienone is 1. The van der Waals surface area contributed by atoms with Crippen molar-refractivity contribution in [3.63, 3.8) is 0 Å². The SMILES string of the molecule is C[C@]1(O)CC[C@@H]2[C@H]3CCC4=C(O)C(=O)CC[C@@]4(C)[C@@H]3CC[C@]21C. The van der Waals surface area contributed by atoms with Crippen LogP contribution in [-0.4, -0.2) is 21.6 Å². The number of ketones is 1. The molecule has 23 heavy (non-hydrogen) atoms. The Bertz CT molecular complexity index is 590. The molecule has 0 amide bonds. The molecule has 0 radical (unpaired) electrons. The summed E-state index contributed by atoms with van der Waals surface area (Å²) in [6, 6.07) is 0. The van der Waals surface area contributed by atoms with Gasteiger partial charge < -0.3 is 10.2 Å². The summed E-state index contributed by atoms with van der Waals surface area (Å²) in [6.45, 7) is 6.63. The Morgan fingerprint density at radius 2 is 1.65 bits per heavy atom. The van der Waals surface area contributed by atoms with E-state index in [2.05, 4.69) is 13.8 Å². The highest BCUT2D eigenvalue weighted by Crippen LogP contribution is 2.67. The van der Waals surface area contributed by atoms with Crippen LogP contribution in [0.2, 0.25) is 0 Å². The molecule has 4 aliphatic carbocycles. The molecule has 4 rings (SSSR count). The van der Waals surface area contributed by atoms with Gasteiger partial charge in [-0.2, -0.15) is 0 Å². The van der Waals surface area contributed by atoms with E-state index in [1.165, 1.54) is 0 Å². The second-order valence-corrected chi connectivity index (χ2v) is 9.35. The lowest BCUT2D eigenvalue weighted by molar-refractivity contribution is -0.127. The lowest BCUT2D eigenvalue weighted by Gasteiger charge is -2.58. The normalized spacial score (nSPS) is 52.9. The number of aliphatic hydroxyl groups is 2. The van der Waals surface area contributed by atoms with Gasteiger partial charge in [-0.3, -0.25) is 4.79 Å². The Labute approximate surface area is 139 Å². The molecule has 0 bridgehead atoms. The first-order valence-corrected chi connectivity index (χ1v) is 9.39. The average molecular weight is 318 g/mol. The predicted octanol–water partition coefficient (Wildman–Crippen LogP) is 4.16. The fourth-order valence-corrected chi connectivity index (χ4v) is 6.93. The van der Waals surface area contributed by atoms with Gasteiger partial charge in [0.2, 0.25) is 0 Å². The number of rotatable bonds is 0. The van der Waals surface area contributed by atoms with Gasteiger partial charge in [0.05, 0.1) is 5.60 Å². The zero-order chi connectivity index (χ0) is 16.6. The standard InChI is InChI=1S/C20H30O3/c1-18-9-8-16(21)17(22)15(18)5-4-12-13(18)6-10-19(2)14(12)7-11-20(19,3)23/h12-14,22-23H,4-11H2,1-3H3/t12-,13+,14+,18-,19+,20-/m0/s1. The van der Waals surface area contributed by atoms with Crippen molar-refractivity contribution in [3.8, 4) is 0 Å². The van der Waals surface area contributed by atoms with Crippen molar-refractivity contribution in [2.24, 2.45) is 28.6 Å². The Kier molecular flexibility index (Phi) is 3.15. The van der Waals surface area contributed by atoms with Crippen LogP contribution in [0.15, 0.2) is 11.3 Å². The zero-order valence-electron chi connectivity index (χ0n) is 14.7. The van der Waals surface area contributed by atoms with Gasteiger partial charge >= 0.3 is 0 Å². The molecular formula is C20H30O3. The highest BCUT2D eigenvalue weighted by molar-refractivity contribution is 5.95. The minimum absolute atomic E-state index is 0.00329. The maximum absolute atomic E-state index is 11.9. The van der Waals surface area contributed by atoms with E-state index in [1.54, 1.807) is 0 Å². The largest absolute Gasteiger partial charge is 0.504 e. The fourth-order valence-electron chi connectivity index (χ4n) is 6.93. The molecule has 0 saturated heterocycles. The van der Waals surface area contributed by atoms with Crippen LogP contribution < -0.4 is 0 Å². The van der Waals surface area contributed by atoms with Crippen molar-refractivity contribution >= 4 is 5.78 Å². The second kappa shape index (κ2) is 4.62. The number of Topliss-reactive ketones (excluding diaryl/α,β-unsaturated/α-hetero) is 1. The molecule has 0 aromatic heterocycles. The van der Waals surface area contributed by atoms with Gasteiger partial charge in [-0.1, -0.05) is 13.8 Å². The van der Waals surface area contributed by atoms with E-state index in [0.717, 1.165) is 50.5 Å². The minimum Gasteiger partial charge on any atom is -0.504 e. The van der Waals surface area contributed by atoms with Crippen molar-refractivity contribution < 1.29 is 15.0 Å². The van der Waals surface area contributed by atoms with Crippen LogP contribution in [0, 0.1) is 28.6 Å². The smallest absolute Gasteiger partial charge is 0.197 e. The van der Waals surface area contributed by atoms with Crippen LogP contribution in [-0.2, 0) is 4.79 Å². The monoisotopic (exact) mass is 318 g/mol. The third-order valence-electron chi connectivity index (χ3n) is 8.66. The second-order valence-electron chi connectivity index (χ2n) is 9.35. The van der Waals surface area contributed by atoms with Gasteiger partial charge in [0.25, 0.3) is 0 Å². The van der Waals surface area contributed by atoms with E-state index in [-0.39, 0.29) is 22.4 Å². The number of hydrogen-bond acceptors (Lipinski definition) is 3. The molecule has 3 nitrogen and oxygen atoms in total.